The lowest BCUT2D eigenvalue weighted by Gasteiger charge is -2.39. The molecule has 0 fully saturated rings. The lowest BCUT2D eigenvalue weighted by molar-refractivity contribution is 0.722. The fourth-order valence-electron chi connectivity index (χ4n) is 9.36. The minimum atomic E-state index is -0.515. The van der Waals surface area contributed by atoms with Gasteiger partial charge in [0.2, 0.25) is 0 Å². The van der Waals surface area contributed by atoms with E-state index in [2.05, 4.69) is 164 Å². The summed E-state index contributed by atoms with van der Waals surface area (Å²) < 4.78 is 0. The molecule has 0 radical (unpaired) electrons. The van der Waals surface area contributed by atoms with Gasteiger partial charge in [0.25, 0.3) is 0 Å². The average molecular weight is 783 g/mol. The van der Waals surface area contributed by atoms with Gasteiger partial charge in [-0.2, -0.15) is 0 Å². The minimum absolute atomic E-state index is 0.515. The zero-order valence-electron chi connectivity index (χ0n) is 32.3. The summed E-state index contributed by atoms with van der Waals surface area (Å²) in [5.74, 6) is 1.93. The third-order valence-electron chi connectivity index (χ3n) is 12.0. The quantitative estimate of drug-likeness (QED) is 0.174. The summed E-state index contributed by atoms with van der Waals surface area (Å²) >= 11 is 1.86. The van der Waals surface area contributed by atoms with Gasteiger partial charge < -0.3 is 0 Å². The molecule has 4 nitrogen and oxygen atoms in total. The first kappa shape index (κ1) is 34.6. The second kappa shape index (κ2) is 13.8. The number of aromatic nitrogens is 4. The monoisotopic (exact) mass is 782 g/mol. The number of pyridine rings is 1. The standard InChI is InChI=1S/C55H34N4S/c1-3-15-36(16-4-1)52-57-53(37-17-5-2-6-18-37)59-54(58-52)41-27-29-46-44(34-41)43-33-39(38-19-13-20-40(32-38)51-42-21-8-7-14-35(42)30-31-56-51)26-28-45(43)55(46)47-22-9-11-24-49(47)60-50-25-12-10-23-48(50)55/h1-34H. The van der Waals surface area contributed by atoms with E-state index < -0.39 is 5.41 Å². The summed E-state index contributed by atoms with van der Waals surface area (Å²) in [6, 6.07) is 71.5. The smallest absolute Gasteiger partial charge is 0.164 e. The van der Waals surface area contributed by atoms with Gasteiger partial charge in [-0.15, -0.1) is 0 Å². The van der Waals surface area contributed by atoms with Crippen LogP contribution in [0.4, 0.5) is 0 Å². The number of benzene rings is 8. The highest BCUT2D eigenvalue weighted by atomic mass is 32.2. The van der Waals surface area contributed by atoms with Crippen molar-refractivity contribution in [2.24, 2.45) is 0 Å². The third kappa shape index (κ3) is 5.40. The molecular weight excluding hydrogens is 749 g/mol. The molecule has 12 rings (SSSR count). The average Bonchev–Trinajstić information content (AvgIpc) is 3.61. The van der Waals surface area contributed by atoms with Crippen LogP contribution < -0.4 is 0 Å². The highest BCUT2D eigenvalue weighted by Crippen LogP contribution is 2.62. The lowest BCUT2D eigenvalue weighted by Crippen LogP contribution is -2.31. The predicted octanol–water partition coefficient (Wildman–Crippen LogP) is 13.6. The summed E-state index contributed by atoms with van der Waals surface area (Å²) in [4.78, 5) is 22.7. The Kier molecular flexibility index (Phi) is 7.97. The molecular formula is C55H34N4S. The first-order valence-corrected chi connectivity index (χ1v) is 21.0. The zero-order valence-corrected chi connectivity index (χ0v) is 33.1. The van der Waals surface area contributed by atoms with Crippen molar-refractivity contribution in [1.29, 1.82) is 0 Å². The van der Waals surface area contributed by atoms with Crippen molar-refractivity contribution in [2.75, 3.05) is 0 Å². The van der Waals surface area contributed by atoms with Crippen LogP contribution in [0.25, 0.3) is 78.4 Å². The molecule has 0 atom stereocenters. The maximum Gasteiger partial charge on any atom is 0.164 e. The Balaban J connectivity index is 1.09. The van der Waals surface area contributed by atoms with Crippen molar-refractivity contribution in [2.45, 2.75) is 15.2 Å². The summed E-state index contributed by atoms with van der Waals surface area (Å²) in [7, 11) is 0. The van der Waals surface area contributed by atoms with Gasteiger partial charge in [0.1, 0.15) is 0 Å². The summed E-state index contributed by atoms with van der Waals surface area (Å²) in [5.41, 5.74) is 14.2. The number of fused-ring (bicyclic) bond motifs is 10. The molecule has 1 aliphatic carbocycles. The molecule has 2 aromatic heterocycles. The van der Waals surface area contributed by atoms with Crippen molar-refractivity contribution in [3.63, 3.8) is 0 Å². The SMILES string of the molecule is c1ccc(-c2nc(-c3ccccc3)nc(-c3ccc4c(c3)-c3cc(-c5cccc(-c6nccc7ccccc67)c5)ccc3C43c4ccccc4Sc4ccccc43)n2)cc1. The van der Waals surface area contributed by atoms with Crippen molar-refractivity contribution >= 4 is 22.5 Å². The lowest BCUT2D eigenvalue weighted by atomic mass is 9.67. The number of nitrogens with zero attached hydrogens (tertiary/aromatic N) is 4. The molecule has 60 heavy (non-hydrogen) atoms. The molecule has 0 bridgehead atoms. The summed E-state index contributed by atoms with van der Waals surface area (Å²) in [6.07, 6.45) is 1.91. The molecule has 2 aliphatic rings. The van der Waals surface area contributed by atoms with E-state index in [-0.39, 0.29) is 0 Å². The molecule has 0 amide bonds. The van der Waals surface area contributed by atoms with Gasteiger partial charge in [-0.25, -0.2) is 15.0 Å². The van der Waals surface area contributed by atoms with E-state index in [0.717, 1.165) is 44.5 Å². The van der Waals surface area contributed by atoms with E-state index >= 15 is 0 Å². The van der Waals surface area contributed by atoms with Crippen molar-refractivity contribution in [1.82, 2.24) is 19.9 Å². The van der Waals surface area contributed by atoms with Crippen LogP contribution in [0, 0.1) is 0 Å². The van der Waals surface area contributed by atoms with Gasteiger partial charge in [-0.1, -0.05) is 176 Å². The van der Waals surface area contributed by atoms with Crippen LogP contribution in [0.5, 0.6) is 0 Å². The van der Waals surface area contributed by atoms with Crippen LogP contribution in [-0.4, -0.2) is 19.9 Å². The van der Waals surface area contributed by atoms with E-state index in [9.17, 15) is 0 Å². The molecule has 1 aliphatic heterocycles. The molecule has 0 saturated carbocycles. The summed E-state index contributed by atoms with van der Waals surface area (Å²) in [5, 5.41) is 2.32. The Labute approximate surface area is 352 Å². The number of hydrogen-bond acceptors (Lipinski definition) is 5. The highest BCUT2D eigenvalue weighted by Gasteiger charge is 2.50. The third-order valence-corrected chi connectivity index (χ3v) is 13.2. The molecule has 1 spiro atoms. The van der Waals surface area contributed by atoms with Crippen LogP contribution >= 0.6 is 11.8 Å². The molecule has 10 aromatic rings. The Morgan fingerprint density at radius 3 is 1.52 bits per heavy atom. The van der Waals surface area contributed by atoms with Gasteiger partial charge in [0.05, 0.1) is 11.1 Å². The zero-order chi connectivity index (χ0) is 39.6. The van der Waals surface area contributed by atoms with Crippen LogP contribution in [0.15, 0.2) is 216 Å². The number of hydrogen-bond donors (Lipinski definition) is 0. The van der Waals surface area contributed by atoms with E-state index in [1.165, 1.54) is 48.6 Å². The normalized spacial score (nSPS) is 13.1. The predicted molar refractivity (Wildman–Crippen MR) is 244 cm³/mol. The number of rotatable bonds is 5. The first-order valence-electron chi connectivity index (χ1n) is 20.2. The maximum atomic E-state index is 5.15. The van der Waals surface area contributed by atoms with Crippen LogP contribution in [0.2, 0.25) is 0 Å². The Morgan fingerprint density at radius 2 is 0.850 bits per heavy atom. The maximum absolute atomic E-state index is 5.15. The fraction of sp³-hybridized carbons (Fsp3) is 0.0182. The second-order valence-corrected chi connectivity index (χ2v) is 16.4. The molecule has 0 saturated heterocycles. The van der Waals surface area contributed by atoms with Crippen LogP contribution in [-0.2, 0) is 5.41 Å². The van der Waals surface area contributed by atoms with E-state index in [1.54, 1.807) is 0 Å². The van der Waals surface area contributed by atoms with Gasteiger partial charge in [0.15, 0.2) is 17.5 Å². The highest BCUT2D eigenvalue weighted by molar-refractivity contribution is 7.99. The molecule has 5 heteroatoms. The molecule has 8 aromatic carbocycles. The minimum Gasteiger partial charge on any atom is -0.256 e. The fourth-order valence-corrected chi connectivity index (χ4v) is 10.6. The Hall–Kier alpha value is -7.47. The van der Waals surface area contributed by atoms with E-state index in [4.69, 9.17) is 19.9 Å². The molecule has 3 heterocycles. The van der Waals surface area contributed by atoms with Crippen LogP contribution in [0.1, 0.15) is 22.3 Å². The van der Waals surface area contributed by atoms with Crippen molar-refractivity contribution < 1.29 is 0 Å². The second-order valence-electron chi connectivity index (χ2n) is 15.4. The van der Waals surface area contributed by atoms with Crippen molar-refractivity contribution in [3.05, 3.63) is 229 Å². The largest absolute Gasteiger partial charge is 0.256 e. The Bertz CT molecular complexity index is 3200. The molecule has 0 unspecified atom stereocenters. The Morgan fingerprint density at radius 1 is 0.350 bits per heavy atom. The van der Waals surface area contributed by atoms with Gasteiger partial charge >= 0.3 is 0 Å². The van der Waals surface area contributed by atoms with Gasteiger partial charge in [0, 0.05) is 43.6 Å². The van der Waals surface area contributed by atoms with Crippen molar-refractivity contribution in [3.8, 4) is 67.7 Å². The summed E-state index contributed by atoms with van der Waals surface area (Å²) in [6.45, 7) is 0. The molecule has 0 N–H and O–H groups in total. The van der Waals surface area contributed by atoms with Gasteiger partial charge in [-0.05, 0) is 86.3 Å². The van der Waals surface area contributed by atoms with E-state index in [0.29, 0.717) is 17.5 Å². The van der Waals surface area contributed by atoms with Crippen LogP contribution in [0.3, 0.4) is 0 Å². The van der Waals surface area contributed by atoms with E-state index in [1.807, 2.05) is 54.4 Å². The van der Waals surface area contributed by atoms with Gasteiger partial charge in [-0.3, -0.25) is 4.98 Å². The topological polar surface area (TPSA) is 51.6 Å². The molecule has 280 valence electrons. The first-order chi connectivity index (χ1) is 29.7.